The molecular weight excluding hydrogens is 220 g/mol. The molecule has 0 spiro atoms. The molecule has 1 aromatic rings. The van der Waals surface area contributed by atoms with E-state index in [0.29, 0.717) is 18.2 Å². The molecule has 3 N–H and O–H groups in total. The molecule has 0 bridgehead atoms. The van der Waals surface area contributed by atoms with Gasteiger partial charge >= 0.3 is 0 Å². The predicted molar refractivity (Wildman–Crippen MR) is 63.2 cm³/mol. The van der Waals surface area contributed by atoms with Crippen molar-refractivity contribution in [1.82, 2.24) is 9.97 Å². The fourth-order valence-electron chi connectivity index (χ4n) is 1.80. The third-order valence-electron chi connectivity index (χ3n) is 2.66. The molecule has 0 aliphatic carbocycles. The van der Waals surface area contributed by atoms with Crippen molar-refractivity contribution in [3.8, 4) is 0 Å². The van der Waals surface area contributed by atoms with Gasteiger partial charge in [0.05, 0.1) is 6.10 Å². The molecule has 1 aliphatic rings. The van der Waals surface area contributed by atoms with Gasteiger partial charge in [-0.05, 0) is 19.8 Å². The maximum atomic E-state index is 5.75. The third-order valence-corrected chi connectivity index (χ3v) is 2.66. The van der Waals surface area contributed by atoms with Gasteiger partial charge in [-0.15, -0.1) is 0 Å². The zero-order valence-corrected chi connectivity index (χ0v) is 9.98. The summed E-state index contributed by atoms with van der Waals surface area (Å²) in [5.41, 5.74) is 3.39. The molecule has 1 aromatic heterocycles. The van der Waals surface area contributed by atoms with E-state index in [2.05, 4.69) is 15.4 Å². The van der Waals surface area contributed by atoms with Crippen LogP contribution in [0.4, 0.5) is 5.82 Å². The number of aromatic nitrogens is 2. The van der Waals surface area contributed by atoms with Gasteiger partial charge < -0.3 is 14.9 Å². The second-order valence-corrected chi connectivity index (χ2v) is 4.08. The van der Waals surface area contributed by atoms with Crippen LogP contribution < -0.4 is 11.3 Å². The third kappa shape index (κ3) is 3.62. The Morgan fingerprint density at radius 2 is 2.24 bits per heavy atom. The summed E-state index contributed by atoms with van der Waals surface area (Å²) in [7, 11) is 0. The summed E-state index contributed by atoms with van der Waals surface area (Å²) in [6, 6.07) is 1.79. The second kappa shape index (κ2) is 5.90. The molecule has 0 amide bonds. The molecule has 0 unspecified atom stereocenters. The van der Waals surface area contributed by atoms with E-state index in [9.17, 15) is 0 Å². The van der Waals surface area contributed by atoms with E-state index in [1.54, 1.807) is 6.07 Å². The summed E-state index contributed by atoms with van der Waals surface area (Å²) in [5.74, 6) is 6.60. The number of nitrogens with one attached hydrogen (secondary N) is 1. The van der Waals surface area contributed by atoms with E-state index in [0.717, 1.165) is 31.7 Å². The minimum atomic E-state index is 0.252. The Hall–Kier alpha value is -1.24. The molecule has 17 heavy (non-hydrogen) atoms. The standard InChI is InChI=1S/C11H18N4O2/c1-8-6-10(15-12)14-11(13-8)7-17-9-2-4-16-5-3-9/h6,9H,2-5,7,12H2,1H3,(H,13,14,15). The number of ether oxygens (including phenoxy) is 2. The van der Waals surface area contributed by atoms with Crippen molar-refractivity contribution < 1.29 is 9.47 Å². The molecule has 0 saturated carbocycles. The fourth-order valence-corrected chi connectivity index (χ4v) is 1.80. The van der Waals surface area contributed by atoms with Crippen LogP contribution in [-0.4, -0.2) is 29.3 Å². The minimum Gasteiger partial charge on any atom is -0.381 e. The van der Waals surface area contributed by atoms with Gasteiger partial charge in [-0.1, -0.05) is 0 Å². The van der Waals surface area contributed by atoms with E-state index in [1.807, 2.05) is 6.92 Å². The Bertz CT molecular complexity index is 366. The number of aryl methyl sites for hydroxylation is 1. The largest absolute Gasteiger partial charge is 0.381 e. The molecule has 1 fully saturated rings. The molecule has 0 aromatic carbocycles. The summed E-state index contributed by atoms with van der Waals surface area (Å²) >= 11 is 0. The van der Waals surface area contributed by atoms with E-state index in [4.69, 9.17) is 15.3 Å². The Morgan fingerprint density at radius 1 is 1.47 bits per heavy atom. The number of hydrazine groups is 1. The Kier molecular flexibility index (Phi) is 4.24. The zero-order chi connectivity index (χ0) is 12.1. The van der Waals surface area contributed by atoms with Gasteiger partial charge in [0.2, 0.25) is 0 Å². The lowest BCUT2D eigenvalue weighted by Gasteiger charge is -2.22. The molecule has 0 radical (unpaired) electrons. The second-order valence-electron chi connectivity index (χ2n) is 4.08. The van der Waals surface area contributed by atoms with Crippen LogP contribution in [0, 0.1) is 6.92 Å². The monoisotopic (exact) mass is 238 g/mol. The van der Waals surface area contributed by atoms with Crippen LogP contribution in [0.3, 0.4) is 0 Å². The summed E-state index contributed by atoms with van der Waals surface area (Å²) in [5, 5.41) is 0. The fraction of sp³-hybridized carbons (Fsp3) is 0.636. The van der Waals surface area contributed by atoms with Gasteiger partial charge in [-0.3, -0.25) is 0 Å². The lowest BCUT2D eigenvalue weighted by atomic mass is 10.2. The lowest BCUT2D eigenvalue weighted by molar-refractivity contribution is -0.0409. The summed E-state index contributed by atoms with van der Waals surface area (Å²) in [4.78, 5) is 8.54. The first-order valence-corrected chi connectivity index (χ1v) is 5.78. The average Bonchev–Trinajstić information content (AvgIpc) is 2.37. The van der Waals surface area contributed by atoms with E-state index in [1.165, 1.54) is 0 Å². The number of nitrogen functional groups attached to an aromatic ring is 1. The predicted octanol–water partition coefficient (Wildman–Crippen LogP) is 0.766. The maximum absolute atomic E-state index is 5.75. The van der Waals surface area contributed by atoms with Gasteiger partial charge in [0.15, 0.2) is 5.82 Å². The van der Waals surface area contributed by atoms with E-state index >= 15 is 0 Å². The van der Waals surface area contributed by atoms with Gasteiger partial charge in [0.1, 0.15) is 12.4 Å². The highest BCUT2D eigenvalue weighted by atomic mass is 16.5. The molecule has 2 heterocycles. The van der Waals surface area contributed by atoms with Gasteiger partial charge in [0.25, 0.3) is 0 Å². The van der Waals surface area contributed by atoms with Crippen molar-refractivity contribution in [2.24, 2.45) is 5.84 Å². The number of anilines is 1. The molecule has 1 saturated heterocycles. The molecule has 6 heteroatoms. The average molecular weight is 238 g/mol. The van der Waals surface area contributed by atoms with Crippen LogP contribution in [0.2, 0.25) is 0 Å². The SMILES string of the molecule is Cc1cc(NN)nc(COC2CCOCC2)n1. The highest BCUT2D eigenvalue weighted by molar-refractivity contribution is 5.33. The van der Waals surface area contributed by atoms with Gasteiger partial charge in [-0.2, -0.15) is 0 Å². The maximum Gasteiger partial charge on any atom is 0.156 e. The summed E-state index contributed by atoms with van der Waals surface area (Å²) in [6.45, 7) is 3.87. The number of nitrogens with zero attached hydrogens (tertiary/aromatic N) is 2. The van der Waals surface area contributed by atoms with Gasteiger partial charge in [-0.25, -0.2) is 15.8 Å². The molecular formula is C11H18N4O2. The van der Waals surface area contributed by atoms with Crippen LogP contribution in [-0.2, 0) is 16.1 Å². The first kappa shape index (κ1) is 12.2. The molecule has 2 rings (SSSR count). The Balaban J connectivity index is 1.91. The van der Waals surface area contributed by atoms with Crippen LogP contribution >= 0.6 is 0 Å². The quantitative estimate of drug-likeness (QED) is 0.595. The molecule has 0 atom stereocenters. The van der Waals surface area contributed by atoms with Crippen molar-refractivity contribution >= 4 is 5.82 Å². The topological polar surface area (TPSA) is 82.3 Å². The lowest BCUT2D eigenvalue weighted by Crippen LogP contribution is -2.23. The first-order valence-electron chi connectivity index (χ1n) is 5.78. The molecule has 6 nitrogen and oxygen atoms in total. The van der Waals surface area contributed by atoms with Crippen LogP contribution in [0.1, 0.15) is 24.4 Å². The highest BCUT2D eigenvalue weighted by Crippen LogP contribution is 2.13. The van der Waals surface area contributed by atoms with Gasteiger partial charge in [0, 0.05) is 25.0 Å². The first-order chi connectivity index (χ1) is 8.28. The van der Waals surface area contributed by atoms with E-state index < -0.39 is 0 Å². The van der Waals surface area contributed by atoms with Crippen molar-refractivity contribution in [3.63, 3.8) is 0 Å². The number of hydrogen-bond donors (Lipinski definition) is 2. The minimum absolute atomic E-state index is 0.252. The number of nitrogens with two attached hydrogens (primary N) is 1. The summed E-state index contributed by atoms with van der Waals surface area (Å²) < 4.78 is 11.0. The van der Waals surface area contributed by atoms with Crippen molar-refractivity contribution in [1.29, 1.82) is 0 Å². The van der Waals surface area contributed by atoms with Crippen molar-refractivity contribution in [2.75, 3.05) is 18.6 Å². The van der Waals surface area contributed by atoms with Crippen LogP contribution in [0.25, 0.3) is 0 Å². The summed E-state index contributed by atoms with van der Waals surface area (Å²) in [6.07, 6.45) is 2.13. The van der Waals surface area contributed by atoms with Crippen LogP contribution in [0.15, 0.2) is 6.07 Å². The molecule has 1 aliphatic heterocycles. The smallest absolute Gasteiger partial charge is 0.156 e. The zero-order valence-electron chi connectivity index (χ0n) is 9.98. The Morgan fingerprint density at radius 3 is 2.94 bits per heavy atom. The number of hydrogen-bond acceptors (Lipinski definition) is 6. The van der Waals surface area contributed by atoms with Crippen molar-refractivity contribution in [3.05, 3.63) is 17.6 Å². The van der Waals surface area contributed by atoms with Crippen LogP contribution in [0.5, 0.6) is 0 Å². The number of rotatable bonds is 4. The van der Waals surface area contributed by atoms with E-state index in [-0.39, 0.29) is 6.10 Å². The highest BCUT2D eigenvalue weighted by Gasteiger charge is 2.14. The Labute approximate surface area is 101 Å². The molecule has 94 valence electrons. The van der Waals surface area contributed by atoms with Crippen molar-refractivity contribution in [2.45, 2.75) is 32.5 Å². The normalized spacial score (nSPS) is 17.1.